The van der Waals surface area contributed by atoms with Crippen molar-refractivity contribution in [3.05, 3.63) is 92.3 Å². The molecule has 1 N–H and O–H groups in total. The number of nitrogens with one attached hydrogen (secondary N) is 1. The minimum atomic E-state index is -0.485. The van der Waals surface area contributed by atoms with E-state index in [4.69, 9.17) is 27.9 Å². The molecule has 0 aliphatic heterocycles. The largest absolute Gasteiger partial charge is 0.497 e. The van der Waals surface area contributed by atoms with Gasteiger partial charge in [-0.25, -0.2) is 0 Å². The molecule has 7 heteroatoms. The third kappa shape index (κ3) is 4.51. The second-order valence-corrected chi connectivity index (χ2v) is 6.62. The quantitative estimate of drug-likeness (QED) is 0.684. The van der Waals surface area contributed by atoms with Crippen molar-refractivity contribution in [3.63, 3.8) is 0 Å². The van der Waals surface area contributed by atoms with Crippen molar-refractivity contribution in [2.75, 3.05) is 12.4 Å². The summed E-state index contributed by atoms with van der Waals surface area (Å²) in [6, 6.07) is 15.1. The van der Waals surface area contributed by atoms with Crippen LogP contribution >= 0.6 is 23.2 Å². The Morgan fingerprint density at radius 1 is 1.11 bits per heavy atom. The van der Waals surface area contributed by atoms with Gasteiger partial charge in [0.25, 0.3) is 11.5 Å². The second-order valence-electron chi connectivity index (χ2n) is 5.77. The lowest BCUT2D eigenvalue weighted by Crippen LogP contribution is -2.29. The van der Waals surface area contributed by atoms with Crippen molar-refractivity contribution in [1.29, 1.82) is 0 Å². The highest BCUT2D eigenvalue weighted by Gasteiger charge is 2.13. The first kappa shape index (κ1) is 19.0. The Kier molecular flexibility index (Phi) is 5.84. The fourth-order valence-electron chi connectivity index (χ4n) is 2.54. The number of anilines is 1. The summed E-state index contributed by atoms with van der Waals surface area (Å²) < 4.78 is 6.51. The summed E-state index contributed by atoms with van der Waals surface area (Å²) in [5.41, 5.74) is 0.931. The van der Waals surface area contributed by atoms with Crippen LogP contribution in [-0.4, -0.2) is 17.6 Å². The van der Waals surface area contributed by atoms with Crippen LogP contribution in [0.25, 0.3) is 0 Å². The van der Waals surface area contributed by atoms with Crippen LogP contribution in [0.2, 0.25) is 10.0 Å². The van der Waals surface area contributed by atoms with Crippen molar-refractivity contribution in [1.82, 2.24) is 4.57 Å². The first-order valence-electron chi connectivity index (χ1n) is 8.06. The Morgan fingerprint density at radius 3 is 2.52 bits per heavy atom. The molecule has 0 bridgehead atoms. The SMILES string of the molecule is COc1ccc(NC(=O)c2cccn(Cc3ccc(Cl)cc3Cl)c2=O)cc1. The van der Waals surface area contributed by atoms with Crippen molar-refractivity contribution >= 4 is 34.8 Å². The van der Waals surface area contributed by atoms with Gasteiger partial charge in [0.05, 0.1) is 13.7 Å². The zero-order valence-electron chi connectivity index (χ0n) is 14.4. The average molecular weight is 403 g/mol. The minimum Gasteiger partial charge on any atom is -0.497 e. The molecule has 3 rings (SSSR count). The standard InChI is InChI=1S/C20H16Cl2N2O3/c1-27-16-8-6-15(7-9-16)23-19(25)17-3-2-10-24(20(17)26)12-13-4-5-14(21)11-18(13)22/h2-11H,12H2,1H3,(H,23,25). The number of hydrogen-bond acceptors (Lipinski definition) is 3. The topological polar surface area (TPSA) is 60.3 Å². The Balaban J connectivity index is 1.83. The first-order chi connectivity index (χ1) is 13.0. The van der Waals surface area contributed by atoms with E-state index in [0.717, 1.165) is 5.56 Å². The molecule has 0 saturated carbocycles. The van der Waals surface area contributed by atoms with Gasteiger partial charge in [-0.3, -0.25) is 9.59 Å². The monoisotopic (exact) mass is 402 g/mol. The van der Waals surface area contributed by atoms with Crippen LogP contribution in [-0.2, 0) is 6.54 Å². The van der Waals surface area contributed by atoms with Crippen molar-refractivity contribution in [2.45, 2.75) is 6.54 Å². The molecule has 0 atom stereocenters. The summed E-state index contributed by atoms with van der Waals surface area (Å²) in [6.07, 6.45) is 1.61. The predicted molar refractivity (Wildman–Crippen MR) is 107 cm³/mol. The fourth-order valence-corrected chi connectivity index (χ4v) is 3.01. The molecular formula is C20H16Cl2N2O3. The lowest BCUT2D eigenvalue weighted by molar-refractivity contribution is 0.102. The lowest BCUT2D eigenvalue weighted by Gasteiger charge is -2.10. The lowest BCUT2D eigenvalue weighted by atomic mass is 10.2. The zero-order chi connectivity index (χ0) is 19.4. The van der Waals surface area contributed by atoms with Gasteiger partial charge >= 0.3 is 0 Å². The Hall–Kier alpha value is -2.76. The first-order valence-corrected chi connectivity index (χ1v) is 8.82. The number of nitrogens with zero attached hydrogens (tertiary/aromatic N) is 1. The van der Waals surface area contributed by atoms with Crippen LogP contribution in [0.1, 0.15) is 15.9 Å². The maximum Gasteiger partial charge on any atom is 0.263 e. The summed E-state index contributed by atoms with van der Waals surface area (Å²) in [7, 11) is 1.56. The van der Waals surface area contributed by atoms with E-state index in [0.29, 0.717) is 21.5 Å². The molecule has 5 nitrogen and oxygen atoms in total. The molecule has 3 aromatic rings. The summed E-state index contributed by atoms with van der Waals surface area (Å²) in [6.45, 7) is 0.235. The van der Waals surface area contributed by atoms with E-state index in [2.05, 4.69) is 5.32 Å². The van der Waals surface area contributed by atoms with Crippen LogP contribution in [0.5, 0.6) is 5.75 Å². The van der Waals surface area contributed by atoms with Gasteiger partial charge in [-0.1, -0.05) is 29.3 Å². The maximum absolute atomic E-state index is 12.7. The van der Waals surface area contributed by atoms with Crippen LogP contribution in [0, 0.1) is 0 Å². The molecule has 1 heterocycles. The summed E-state index contributed by atoms with van der Waals surface area (Å²) in [5, 5.41) is 3.69. The van der Waals surface area contributed by atoms with E-state index in [1.165, 1.54) is 10.6 Å². The van der Waals surface area contributed by atoms with E-state index < -0.39 is 11.5 Å². The number of pyridine rings is 1. The smallest absolute Gasteiger partial charge is 0.263 e. The molecule has 0 saturated heterocycles. The molecular weight excluding hydrogens is 387 g/mol. The second kappa shape index (κ2) is 8.29. The van der Waals surface area contributed by atoms with Gasteiger partial charge in [-0.15, -0.1) is 0 Å². The van der Waals surface area contributed by atoms with Gasteiger partial charge in [0.2, 0.25) is 0 Å². The number of benzene rings is 2. The van der Waals surface area contributed by atoms with Gasteiger partial charge in [0.1, 0.15) is 11.3 Å². The number of rotatable bonds is 5. The molecule has 0 radical (unpaired) electrons. The molecule has 0 spiro atoms. The highest BCUT2D eigenvalue weighted by atomic mass is 35.5. The van der Waals surface area contributed by atoms with Crippen LogP contribution in [0.15, 0.2) is 65.6 Å². The number of halogens is 2. The molecule has 1 aromatic heterocycles. The number of carbonyl (C=O) groups excluding carboxylic acids is 1. The maximum atomic E-state index is 12.7. The average Bonchev–Trinajstić information content (AvgIpc) is 2.66. The normalized spacial score (nSPS) is 10.5. The summed E-state index contributed by atoms with van der Waals surface area (Å²) in [5.74, 6) is 0.191. The molecule has 2 aromatic carbocycles. The fraction of sp³-hybridized carbons (Fsp3) is 0.100. The van der Waals surface area contributed by atoms with E-state index in [9.17, 15) is 9.59 Å². The molecule has 1 amide bonds. The number of amides is 1. The Bertz CT molecular complexity index is 1030. The van der Waals surface area contributed by atoms with Gasteiger partial charge in [-0.05, 0) is 54.1 Å². The summed E-state index contributed by atoms with van der Waals surface area (Å²) in [4.78, 5) is 25.2. The van der Waals surface area contributed by atoms with Gasteiger partial charge in [0.15, 0.2) is 0 Å². The third-order valence-corrected chi connectivity index (χ3v) is 4.56. The molecule has 0 aliphatic rings. The highest BCUT2D eigenvalue weighted by Crippen LogP contribution is 2.21. The van der Waals surface area contributed by atoms with E-state index in [1.807, 2.05) is 0 Å². The summed E-state index contributed by atoms with van der Waals surface area (Å²) >= 11 is 12.1. The van der Waals surface area contributed by atoms with E-state index in [1.54, 1.807) is 61.8 Å². The minimum absolute atomic E-state index is 0.0402. The van der Waals surface area contributed by atoms with Gasteiger partial charge in [-0.2, -0.15) is 0 Å². The molecule has 0 unspecified atom stereocenters. The van der Waals surface area contributed by atoms with Crippen molar-refractivity contribution < 1.29 is 9.53 Å². The van der Waals surface area contributed by atoms with E-state index in [-0.39, 0.29) is 12.1 Å². The number of hydrogen-bond donors (Lipinski definition) is 1. The van der Waals surface area contributed by atoms with Crippen LogP contribution in [0.3, 0.4) is 0 Å². The number of carbonyl (C=O) groups is 1. The zero-order valence-corrected chi connectivity index (χ0v) is 15.9. The van der Waals surface area contributed by atoms with Crippen molar-refractivity contribution in [3.8, 4) is 5.75 Å². The van der Waals surface area contributed by atoms with Crippen LogP contribution in [0.4, 0.5) is 5.69 Å². The molecule has 138 valence electrons. The molecule has 0 fully saturated rings. The third-order valence-electron chi connectivity index (χ3n) is 3.97. The molecule has 0 aliphatic carbocycles. The van der Waals surface area contributed by atoms with E-state index >= 15 is 0 Å². The molecule has 27 heavy (non-hydrogen) atoms. The van der Waals surface area contributed by atoms with Gasteiger partial charge in [0, 0.05) is 21.9 Å². The van der Waals surface area contributed by atoms with Crippen molar-refractivity contribution in [2.24, 2.45) is 0 Å². The Labute approximate surface area is 166 Å². The number of aromatic nitrogens is 1. The van der Waals surface area contributed by atoms with Gasteiger partial charge < -0.3 is 14.6 Å². The number of methoxy groups -OCH3 is 1. The number of ether oxygens (including phenoxy) is 1. The predicted octanol–water partition coefficient (Wildman–Crippen LogP) is 4.46. The Morgan fingerprint density at radius 2 is 1.85 bits per heavy atom. The highest BCUT2D eigenvalue weighted by molar-refractivity contribution is 6.35. The van der Waals surface area contributed by atoms with Crippen LogP contribution < -0.4 is 15.6 Å².